The van der Waals surface area contributed by atoms with E-state index in [0.717, 1.165) is 23.1 Å². The average Bonchev–Trinajstić information content (AvgIpc) is 3.19. The summed E-state index contributed by atoms with van der Waals surface area (Å²) in [7, 11) is 0. The SMILES string of the molecule is CC12C(=O)N(c3ccc([N+](=O)[O-])cc3[N+](=O)[O-])C(=O)C1C1CCC2O1. The number of hydrogen-bond donors (Lipinski definition) is 0. The lowest BCUT2D eigenvalue weighted by atomic mass is 9.69. The number of hydrogen-bond acceptors (Lipinski definition) is 7. The second-order valence-electron chi connectivity index (χ2n) is 6.67. The summed E-state index contributed by atoms with van der Waals surface area (Å²) in [6.07, 6.45) is 0.571. The van der Waals surface area contributed by atoms with Gasteiger partial charge in [-0.05, 0) is 25.8 Å². The van der Waals surface area contributed by atoms with Crippen LogP contribution in [0.5, 0.6) is 0 Å². The van der Waals surface area contributed by atoms with Crippen LogP contribution in [0.3, 0.4) is 0 Å². The van der Waals surface area contributed by atoms with Crippen molar-refractivity contribution in [2.75, 3.05) is 4.90 Å². The molecule has 0 aromatic heterocycles. The molecule has 0 N–H and O–H groups in total. The molecule has 1 aromatic carbocycles. The molecule has 10 nitrogen and oxygen atoms in total. The van der Waals surface area contributed by atoms with Gasteiger partial charge >= 0.3 is 0 Å². The first-order chi connectivity index (χ1) is 11.8. The number of nitro benzene ring substituents is 2. The van der Waals surface area contributed by atoms with Gasteiger partial charge in [0.25, 0.3) is 11.4 Å². The molecule has 0 aliphatic carbocycles. The minimum atomic E-state index is -1.05. The molecule has 4 unspecified atom stereocenters. The molecule has 0 saturated carbocycles. The van der Waals surface area contributed by atoms with Crippen LogP contribution >= 0.6 is 0 Å². The van der Waals surface area contributed by atoms with Crippen LogP contribution < -0.4 is 4.90 Å². The molecule has 10 heteroatoms. The molecular weight excluding hydrogens is 334 g/mol. The number of amides is 2. The second kappa shape index (κ2) is 4.82. The molecule has 4 rings (SSSR count). The highest BCUT2D eigenvalue weighted by Gasteiger charge is 2.70. The largest absolute Gasteiger partial charge is 0.373 e. The Morgan fingerprint density at radius 1 is 1.20 bits per heavy atom. The summed E-state index contributed by atoms with van der Waals surface area (Å²) in [5, 5.41) is 22.2. The predicted molar refractivity (Wildman–Crippen MR) is 81.7 cm³/mol. The lowest BCUT2D eigenvalue weighted by Crippen LogP contribution is -2.41. The second-order valence-corrected chi connectivity index (χ2v) is 6.67. The van der Waals surface area contributed by atoms with E-state index in [9.17, 15) is 29.8 Å². The quantitative estimate of drug-likeness (QED) is 0.460. The summed E-state index contributed by atoms with van der Waals surface area (Å²) in [6, 6.07) is 2.89. The summed E-state index contributed by atoms with van der Waals surface area (Å²) < 4.78 is 5.70. The van der Waals surface area contributed by atoms with Crippen molar-refractivity contribution in [3.8, 4) is 0 Å². The van der Waals surface area contributed by atoms with E-state index in [1.165, 1.54) is 0 Å². The van der Waals surface area contributed by atoms with Crippen molar-refractivity contribution in [1.82, 2.24) is 0 Å². The summed E-state index contributed by atoms with van der Waals surface area (Å²) in [6.45, 7) is 1.65. The van der Waals surface area contributed by atoms with E-state index in [4.69, 9.17) is 4.74 Å². The number of carbonyl (C=O) groups excluding carboxylic acids is 2. The van der Waals surface area contributed by atoms with Gasteiger partial charge < -0.3 is 4.74 Å². The number of carbonyl (C=O) groups is 2. The highest BCUT2D eigenvalue weighted by molar-refractivity contribution is 6.25. The van der Waals surface area contributed by atoms with Crippen LogP contribution in [0.1, 0.15) is 19.8 Å². The van der Waals surface area contributed by atoms with E-state index in [-0.39, 0.29) is 17.9 Å². The van der Waals surface area contributed by atoms with Gasteiger partial charge in [0.2, 0.25) is 11.8 Å². The Morgan fingerprint density at radius 3 is 2.52 bits per heavy atom. The molecule has 0 spiro atoms. The molecule has 3 saturated heterocycles. The fourth-order valence-electron chi connectivity index (χ4n) is 4.29. The zero-order valence-corrected chi connectivity index (χ0v) is 13.1. The van der Waals surface area contributed by atoms with Crippen LogP contribution in [0.4, 0.5) is 17.1 Å². The number of rotatable bonds is 3. The maximum absolute atomic E-state index is 13.0. The zero-order valence-electron chi connectivity index (χ0n) is 13.1. The Labute approximate surface area is 140 Å². The molecule has 4 atom stereocenters. The third-order valence-electron chi connectivity index (χ3n) is 5.50. The molecule has 0 radical (unpaired) electrons. The number of imide groups is 1. The smallest absolute Gasteiger partial charge is 0.300 e. The van der Waals surface area contributed by atoms with Crippen LogP contribution in [0.25, 0.3) is 0 Å². The lowest BCUT2D eigenvalue weighted by molar-refractivity contribution is -0.393. The van der Waals surface area contributed by atoms with Crippen LogP contribution in [0.15, 0.2) is 18.2 Å². The Kier molecular flexibility index (Phi) is 3.01. The molecule has 25 heavy (non-hydrogen) atoms. The van der Waals surface area contributed by atoms with Crippen molar-refractivity contribution in [2.45, 2.75) is 32.0 Å². The molecule has 130 valence electrons. The fraction of sp³-hybridized carbons (Fsp3) is 0.467. The Hall–Kier alpha value is -2.88. The topological polar surface area (TPSA) is 133 Å². The Morgan fingerprint density at radius 2 is 1.92 bits per heavy atom. The maximum atomic E-state index is 13.0. The van der Waals surface area contributed by atoms with Crippen molar-refractivity contribution in [3.63, 3.8) is 0 Å². The first kappa shape index (κ1) is 15.6. The Balaban J connectivity index is 1.83. The molecule has 3 aliphatic rings. The minimum Gasteiger partial charge on any atom is -0.373 e. The van der Waals surface area contributed by atoms with Gasteiger partial charge in [-0.1, -0.05) is 0 Å². The van der Waals surface area contributed by atoms with E-state index in [0.29, 0.717) is 12.8 Å². The first-order valence-corrected chi connectivity index (χ1v) is 7.73. The third-order valence-corrected chi connectivity index (χ3v) is 5.50. The van der Waals surface area contributed by atoms with Crippen LogP contribution in [0, 0.1) is 31.6 Å². The van der Waals surface area contributed by atoms with E-state index in [2.05, 4.69) is 0 Å². The predicted octanol–water partition coefficient (Wildman–Crippen LogP) is 1.56. The van der Waals surface area contributed by atoms with Gasteiger partial charge in [0, 0.05) is 6.07 Å². The number of anilines is 1. The van der Waals surface area contributed by atoms with Crippen molar-refractivity contribution in [3.05, 3.63) is 38.4 Å². The van der Waals surface area contributed by atoms with Gasteiger partial charge in [-0.3, -0.25) is 29.8 Å². The van der Waals surface area contributed by atoms with E-state index in [1.807, 2.05) is 0 Å². The number of benzene rings is 1. The summed E-state index contributed by atoms with van der Waals surface area (Å²) in [4.78, 5) is 47.2. The van der Waals surface area contributed by atoms with E-state index < -0.39 is 44.4 Å². The summed E-state index contributed by atoms with van der Waals surface area (Å²) in [5.41, 5.74) is -2.41. The van der Waals surface area contributed by atoms with Gasteiger partial charge in [0.1, 0.15) is 5.69 Å². The number of ether oxygens (including phenoxy) is 1. The van der Waals surface area contributed by atoms with Crippen LogP contribution in [-0.4, -0.2) is 33.9 Å². The minimum absolute atomic E-state index is 0.236. The number of non-ortho nitro benzene ring substituents is 1. The van der Waals surface area contributed by atoms with Crippen molar-refractivity contribution >= 4 is 28.9 Å². The molecule has 1 aromatic rings. The lowest BCUT2D eigenvalue weighted by Gasteiger charge is -2.27. The van der Waals surface area contributed by atoms with Crippen molar-refractivity contribution in [2.24, 2.45) is 11.3 Å². The molecule has 3 fully saturated rings. The Bertz CT molecular complexity index is 854. The number of nitrogens with zero attached hydrogens (tertiary/aromatic N) is 3. The van der Waals surface area contributed by atoms with E-state index in [1.54, 1.807) is 6.92 Å². The summed E-state index contributed by atoms with van der Waals surface area (Å²) >= 11 is 0. The number of fused-ring (bicyclic) bond motifs is 5. The highest BCUT2D eigenvalue weighted by atomic mass is 16.6. The normalized spacial score (nSPS) is 33.0. The monoisotopic (exact) mass is 347 g/mol. The third kappa shape index (κ3) is 1.82. The standard InChI is InChI=1S/C15H13N3O7/c1-15-11-5-4-10(25-11)12(15)13(19)16(14(15)20)8-3-2-7(17(21)22)6-9(8)18(23)24/h2-3,6,10-12H,4-5H2,1H3. The van der Waals surface area contributed by atoms with Gasteiger partial charge in [0.05, 0.1) is 39.5 Å². The first-order valence-electron chi connectivity index (χ1n) is 7.73. The molecule has 3 heterocycles. The zero-order chi connectivity index (χ0) is 18.1. The van der Waals surface area contributed by atoms with Gasteiger partial charge in [-0.25, -0.2) is 4.90 Å². The van der Waals surface area contributed by atoms with Gasteiger partial charge in [-0.15, -0.1) is 0 Å². The van der Waals surface area contributed by atoms with Crippen molar-refractivity contribution < 1.29 is 24.2 Å². The maximum Gasteiger partial charge on any atom is 0.300 e. The van der Waals surface area contributed by atoms with Crippen LogP contribution in [-0.2, 0) is 14.3 Å². The van der Waals surface area contributed by atoms with Crippen molar-refractivity contribution in [1.29, 1.82) is 0 Å². The average molecular weight is 347 g/mol. The molecule has 3 aliphatic heterocycles. The van der Waals surface area contributed by atoms with Crippen LogP contribution in [0.2, 0.25) is 0 Å². The molecule has 2 amide bonds. The molecular formula is C15H13N3O7. The van der Waals surface area contributed by atoms with E-state index >= 15 is 0 Å². The van der Waals surface area contributed by atoms with Gasteiger partial charge in [-0.2, -0.15) is 0 Å². The van der Waals surface area contributed by atoms with Gasteiger partial charge in [0.15, 0.2) is 0 Å². The fourth-order valence-corrected chi connectivity index (χ4v) is 4.29. The summed E-state index contributed by atoms with van der Waals surface area (Å²) in [5.74, 6) is -1.77. The highest BCUT2D eigenvalue weighted by Crippen LogP contribution is 2.57. The molecule has 2 bridgehead atoms. The number of nitro groups is 2.